The third kappa shape index (κ3) is 3.08. The molecule has 0 aliphatic carbocycles. The highest BCUT2D eigenvalue weighted by Crippen LogP contribution is 2.31. The van der Waals surface area contributed by atoms with E-state index in [9.17, 15) is 13.2 Å². The number of sulfonamides is 1. The van der Waals surface area contributed by atoms with E-state index in [1.54, 1.807) is 12.1 Å². The molecule has 0 radical (unpaired) electrons. The van der Waals surface area contributed by atoms with Crippen molar-refractivity contribution in [2.24, 2.45) is 5.14 Å². The molecule has 1 amide bonds. The number of nitrogens with two attached hydrogens (primary N) is 1. The quantitative estimate of drug-likeness (QED) is 0.886. The molecule has 0 atom stereocenters. The highest BCUT2D eigenvalue weighted by Gasteiger charge is 2.26. The number of nitrogens with zero attached hydrogens (tertiary/aromatic N) is 2. The van der Waals surface area contributed by atoms with Gasteiger partial charge in [0, 0.05) is 37.4 Å². The van der Waals surface area contributed by atoms with Gasteiger partial charge in [0.25, 0.3) is 0 Å². The maximum atomic E-state index is 12.7. The third-order valence-corrected chi connectivity index (χ3v) is 6.07. The van der Waals surface area contributed by atoms with Gasteiger partial charge in [-0.1, -0.05) is 24.3 Å². The standard InChI is InChI=1S/C19H21N3O3S/c20-26(24,25)16-6-5-15-7-10-21(18(15)13-16)11-9-19(23)22-12-8-14-3-1-2-4-17(14)22/h1-6,13H,7-12H2,(H2,20,24,25). The van der Waals surface area contributed by atoms with Crippen molar-refractivity contribution in [3.63, 3.8) is 0 Å². The highest BCUT2D eigenvalue weighted by atomic mass is 32.2. The molecule has 4 rings (SSSR count). The summed E-state index contributed by atoms with van der Waals surface area (Å²) in [4.78, 5) is 16.7. The Morgan fingerprint density at radius 3 is 2.54 bits per heavy atom. The summed E-state index contributed by atoms with van der Waals surface area (Å²) in [5.41, 5.74) is 4.18. The van der Waals surface area contributed by atoms with Gasteiger partial charge in [0.05, 0.1) is 4.90 Å². The van der Waals surface area contributed by atoms with Crippen LogP contribution < -0.4 is 14.9 Å². The summed E-state index contributed by atoms with van der Waals surface area (Å²) < 4.78 is 23.2. The van der Waals surface area contributed by atoms with Crippen molar-refractivity contribution in [1.29, 1.82) is 0 Å². The first-order valence-electron chi connectivity index (χ1n) is 8.72. The molecule has 6 nitrogen and oxygen atoms in total. The van der Waals surface area contributed by atoms with E-state index in [0.717, 1.165) is 42.9 Å². The Hall–Kier alpha value is -2.38. The summed E-state index contributed by atoms with van der Waals surface area (Å²) in [5, 5.41) is 5.24. The molecule has 0 saturated heterocycles. The lowest BCUT2D eigenvalue weighted by atomic mass is 10.2. The fraction of sp³-hybridized carbons (Fsp3) is 0.316. The molecule has 0 unspecified atom stereocenters. The normalized spacial score (nSPS) is 15.9. The molecule has 0 spiro atoms. The van der Waals surface area contributed by atoms with Gasteiger partial charge in [0.2, 0.25) is 15.9 Å². The first-order valence-corrected chi connectivity index (χ1v) is 10.3. The number of hydrogen-bond donors (Lipinski definition) is 1. The number of fused-ring (bicyclic) bond motifs is 2. The van der Waals surface area contributed by atoms with Crippen LogP contribution in [0.15, 0.2) is 47.4 Å². The predicted molar refractivity (Wildman–Crippen MR) is 101 cm³/mol. The van der Waals surface area contributed by atoms with E-state index in [-0.39, 0.29) is 10.8 Å². The van der Waals surface area contributed by atoms with Gasteiger partial charge in [-0.2, -0.15) is 0 Å². The molecule has 26 heavy (non-hydrogen) atoms. The van der Waals surface area contributed by atoms with Crippen LogP contribution in [0, 0.1) is 0 Å². The third-order valence-electron chi connectivity index (χ3n) is 5.16. The van der Waals surface area contributed by atoms with Crippen LogP contribution >= 0.6 is 0 Å². The van der Waals surface area contributed by atoms with Gasteiger partial charge >= 0.3 is 0 Å². The summed E-state index contributed by atoms with van der Waals surface area (Å²) >= 11 is 0. The second-order valence-electron chi connectivity index (χ2n) is 6.75. The van der Waals surface area contributed by atoms with Crippen molar-refractivity contribution >= 4 is 27.3 Å². The number of amides is 1. The van der Waals surface area contributed by atoms with Crippen molar-refractivity contribution in [2.75, 3.05) is 29.4 Å². The lowest BCUT2D eigenvalue weighted by Crippen LogP contribution is -2.33. The predicted octanol–water partition coefficient (Wildman–Crippen LogP) is 1.68. The number of hydrogen-bond acceptors (Lipinski definition) is 4. The Kier molecular flexibility index (Phi) is 4.20. The number of carbonyl (C=O) groups excluding carboxylic acids is 1. The Balaban J connectivity index is 1.47. The number of rotatable bonds is 4. The van der Waals surface area contributed by atoms with Crippen LogP contribution in [0.4, 0.5) is 11.4 Å². The van der Waals surface area contributed by atoms with Gasteiger partial charge in [-0.05, 0) is 42.2 Å². The largest absolute Gasteiger partial charge is 0.370 e. The Morgan fingerprint density at radius 2 is 1.73 bits per heavy atom. The molecule has 2 heterocycles. The minimum atomic E-state index is -3.73. The zero-order valence-electron chi connectivity index (χ0n) is 14.4. The second kappa shape index (κ2) is 6.41. The van der Waals surface area contributed by atoms with E-state index >= 15 is 0 Å². The van der Waals surface area contributed by atoms with E-state index in [0.29, 0.717) is 13.0 Å². The van der Waals surface area contributed by atoms with E-state index < -0.39 is 10.0 Å². The highest BCUT2D eigenvalue weighted by molar-refractivity contribution is 7.89. The molecule has 136 valence electrons. The van der Waals surface area contributed by atoms with Crippen LogP contribution in [0.5, 0.6) is 0 Å². The fourth-order valence-corrected chi connectivity index (χ4v) is 4.33. The number of para-hydroxylation sites is 1. The first kappa shape index (κ1) is 17.1. The first-order chi connectivity index (χ1) is 12.4. The van der Waals surface area contributed by atoms with Crippen molar-refractivity contribution in [3.8, 4) is 0 Å². The van der Waals surface area contributed by atoms with Gasteiger partial charge in [0.15, 0.2) is 0 Å². The Bertz CT molecular complexity index is 972. The number of anilines is 2. The van der Waals surface area contributed by atoms with Crippen LogP contribution in [0.1, 0.15) is 17.5 Å². The summed E-state index contributed by atoms with van der Waals surface area (Å²) in [7, 11) is -3.73. The molecular formula is C19H21N3O3S. The van der Waals surface area contributed by atoms with E-state index in [2.05, 4.69) is 11.0 Å². The zero-order valence-corrected chi connectivity index (χ0v) is 15.2. The van der Waals surface area contributed by atoms with E-state index in [1.807, 2.05) is 29.2 Å². The minimum Gasteiger partial charge on any atom is -0.370 e. The smallest absolute Gasteiger partial charge is 0.238 e. The monoisotopic (exact) mass is 371 g/mol. The van der Waals surface area contributed by atoms with Crippen LogP contribution in [-0.4, -0.2) is 34.0 Å². The van der Waals surface area contributed by atoms with E-state index in [1.165, 1.54) is 5.56 Å². The molecule has 0 bridgehead atoms. The van der Waals surface area contributed by atoms with Crippen molar-refractivity contribution < 1.29 is 13.2 Å². The molecule has 0 aromatic heterocycles. The van der Waals surface area contributed by atoms with Crippen molar-refractivity contribution in [2.45, 2.75) is 24.2 Å². The van der Waals surface area contributed by atoms with E-state index in [4.69, 9.17) is 5.14 Å². The molecule has 2 aliphatic rings. The van der Waals surface area contributed by atoms with Gasteiger partial charge in [-0.15, -0.1) is 0 Å². The average Bonchev–Trinajstić information content (AvgIpc) is 3.22. The maximum Gasteiger partial charge on any atom is 0.238 e. The molecule has 2 N–H and O–H groups in total. The fourth-order valence-electron chi connectivity index (χ4n) is 3.80. The molecular weight excluding hydrogens is 350 g/mol. The summed E-state index contributed by atoms with van der Waals surface area (Å²) in [6.07, 6.45) is 2.14. The van der Waals surface area contributed by atoms with Crippen LogP contribution in [0.2, 0.25) is 0 Å². The number of carbonyl (C=O) groups is 1. The van der Waals surface area contributed by atoms with Gasteiger partial charge in [-0.3, -0.25) is 4.79 Å². The summed E-state index contributed by atoms with van der Waals surface area (Å²) in [6, 6.07) is 13.0. The maximum absolute atomic E-state index is 12.7. The van der Waals surface area contributed by atoms with Crippen LogP contribution in [-0.2, 0) is 27.7 Å². The topological polar surface area (TPSA) is 83.7 Å². The van der Waals surface area contributed by atoms with Crippen molar-refractivity contribution in [3.05, 3.63) is 53.6 Å². The minimum absolute atomic E-state index is 0.103. The second-order valence-corrected chi connectivity index (χ2v) is 8.31. The Labute approximate surface area is 153 Å². The van der Waals surface area contributed by atoms with Crippen LogP contribution in [0.3, 0.4) is 0 Å². The van der Waals surface area contributed by atoms with Gasteiger partial charge in [-0.25, -0.2) is 13.6 Å². The molecule has 2 aliphatic heterocycles. The molecule has 7 heteroatoms. The lowest BCUT2D eigenvalue weighted by molar-refractivity contribution is -0.118. The van der Waals surface area contributed by atoms with Gasteiger partial charge < -0.3 is 9.80 Å². The Morgan fingerprint density at radius 1 is 1.00 bits per heavy atom. The molecule has 0 saturated carbocycles. The average molecular weight is 371 g/mol. The SMILES string of the molecule is NS(=O)(=O)c1ccc2c(c1)N(CCC(=O)N1CCc3ccccc31)CC2. The number of benzene rings is 2. The molecule has 2 aromatic rings. The van der Waals surface area contributed by atoms with Crippen molar-refractivity contribution in [1.82, 2.24) is 0 Å². The molecule has 2 aromatic carbocycles. The lowest BCUT2D eigenvalue weighted by Gasteiger charge is -2.22. The zero-order chi connectivity index (χ0) is 18.3. The molecule has 0 fully saturated rings. The van der Waals surface area contributed by atoms with Gasteiger partial charge in [0.1, 0.15) is 0 Å². The number of primary sulfonamides is 1. The van der Waals surface area contributed by atoms with Crippen LogP contribution in [0.25, 0.3) is 0 Å². The summed E-state index contributed by atoms with van der Waals surface area (Å²) in [6.45, 7) is 2.08. The summed E-state index contributed by atoms with van der Waals surface area (Å²) in [5.74, 6) is 0.103.